The average Bonchev–Trinajstić information content (AvgIpc) is 2.55. The Bertz CT molecular complexity index is 653. The van der Waals surface area contributed by atoms with Crippen LogP contribution in [-0.4, -0.2) is 11.6 Å². The average molecular weight is 296 g/mol. The topological polar surface area (TPSA) is 41.5 Å². The summed E-state index contributed by atoms with van der Waals surface area (Å²) in [5.74, 6) is -0.173. The van der Waals surface area contributed by atoms with Crippen LogP contribution in [0.4, 0.5) is 0 Å². The van der Waals surface area contributed by atoms with Gasteiger partial charge in [-0.3, -0.25) is 4.79 Å². The molecular weight excluding hydrogens is 272 g/mol. The van der Waals surface area contributed by atoms with Gasteiger partial charge >= 0.3 is 0 Å². The minimum atomic E-state index is -0.173. The summed E-state index contributed by atoms with van der Waals surface area (Å²) in [4.78, 5) is 12.2. The molecule has 0 aliphatic heterocycles. The zero-order valence-electron chi connectivity index (χ0n) is 13.2. The number of hydrazone groups is 1. The third-order valence-corrected chi connectivity index (χ3v) is 3.45. The summed E-state index contributed by atoms with van der Waals surface area (Å²) in [5.41, 5.74) is 6.35. The fourth-order valence-corrected chi connectivity index (χ4v) is 2.21. The number of carbonyl (C=O) groups is 1. The SMILES string of the molecule is CCCC/C(=N/NC(=O)c1cccc(C)c1)c1ccccc1.[HH]. The van der Waals surface area contributed by atoms with Crippen molar-refractivity contribution in [2.45, 2.75) is 33.1 Å². The van der Waals surface area contributed by atoms with Gasteiger partial charge in [-0.05, 0) is 37.5 Å². The van der Waals surface area contributed by atoms with Crippen LogP contribution in [0.3, 0.4) is 0 Å². The Morgan fingerprint density at radius 3 is 2.50 bits per heavy atom. The third kappa shape index (κ3) is 4.55. The first-order valence-corrected chi connectivity index (χ1v) is 7.69. The second-order valence-electron chi connectivity index (χ2n) is 5.34. The molecule has 0 bridgehead atoms. The van der Waals surface area contributed by atoms with Crippen LogP contribution >= 0.6 is 0 Å². The lowest BCUT2D eigenvalue weighted by Crippen LogP contribution is -2.20. The van der Waals surface area contributed by atoms with Crippen LogP contribution < -0.4 is 5.43 Å². The van der Waals surface area contributed by atoms with Crippen LogP contribution in [0.25, 0.3) is 0 Å². The van der Waals surface area contributed by atoms with Crippen molar-refractivity contribution < 1.29 is 6.22 Å². The number of benzene rings is 2. The Kier molecular flexibility index (Phi) is 5.90. The largest absolute Gasteiger partial charge is 0.271 e. The molecule has 0 heterocycles. The number of unbranched alkanes of at least 4 members (excludes halogenated alkanes) is 1. The Labute approximate surface area is 133 Å². The lowest BCUT2D eigenvalue weighted by atomic mass is 10.1. The molecule has 0 saturated carbocycles. The highest BCUT2D eigenvalue weighted by molar-refractivity contribution is 6.02. The molecule has 3 heteroatoms. The Morgan fingerprint density at radius 1 is 1.09 bits per heavy atom. The van der Waals surface area contributed by atoms with Crippen LogP contribution in [0.2, 0.25) is 0 Å². The summed E-state index contributed by atoms with van der Waals surface area (Å²) in [6, 6.07) is 17.5. The zero-order valence-corrected chi connectivity index (χ0v) is 13.2. The van der Waals surface area contributed by atoms with Gasteiger partial charge in [-0.1, -0.05) is 61.4 Å². The van der Waals surface area contributed by atoms with Gasteiger partial charge in [0.1, 0.15) is 0 Å². The van der Waals surface area contributed by atoms with E-state index in [2.05, 4.69) is 17.5 Å². The molecule has 0 saturated heterocycles. The summed E-state index contributed by atoms with van der Waals surface area (Å²) in [7, 11) is 0. The molecule has 1 amide bonds. The second-order valence-corrected chi connectivity index (χ2v) is 5.34. The lowest BCUT2D eigenvalue weighted by molar-refractivity contribution is 0.0954. The fourth-order valence-electron chi connectivity index (χ4n) is 2.21. The van der Waals surface area contributed by atoms with E-state index in [-0.39, 0.29) is 7.33 Å². The van der Waals surface area contributed by atoms with Crippen molar-refractivity contribution >= 4 is 11.6 Å². The minimum absolute atomic E-state index is 0. The molecule has 2 aromatic rings. The Balaban J connectivity index is 0.00000264. The lowest BCUT2D eigenvalue weighted by Gasteiger charge is -2.07. The zero-order chi connectivity index (χ0) is 15.8. The number of aryl methyl sites for hydroxylation is 1. The molecule has 2 rings (SSSR count). The number of carbonyl (C=O) groups excluding carboxylic acids is 1. The number of hydrogen-bond acceptors (Lipinski definition) is 2. The van der Waals surface area contributed by atoms with E-state index in [1.807, 2.05) is 55.5 Å². The molecule has 3 nitrogen and oxygen atoms in total. The van der Waals surface area contributed by atoms with Crippen LogP contribution in [0, 0.1) is 6.92 Å². The summed E-state index contributed by atoms with van der Waals surface area (Å²) in [6.45, 7) is 4.12. The first kappa shape index (κ1) is 16.0. The van der Waals surface area contributed by atoms with Crippen LogP contribution in [0.1, 0.15) is 49.1 Å². The van der Waals surface area contributed by atoms with Crippen molar-refractivity contribution in [3.63, 3.8) is 0 Å². The van der Waals surface area contributed by atoms with E-state index in [9.17, 15) is 4.79 Å². The molecule has 0 aromatic heterocycles. The quantitative estimate of drug-likeness (QED) is 0.616. The molecule has 116 valence electrons. The Morgan fingerprint density at radius 2 is 1.82 bits per heavy atom. The maximum Gasteiger partial charge on any atom is 0.271 e. The van der Waals surface area contributed by atoms with Gasteiger partial charge in [-0.25, -0.2) is 5.43 Å². The van der Waals surface area contributed by atoms with Crippen molar-refractivity contribution in [2.24, 2.45) is 5.10 Å². The molecule has 0 aliphatic carbocycles. The van der Waals surface area contributed by atoms with E-state index < -0.39 is 0 Å². The Hall–Kier alpha value is -2.42. The van der Waals surface area contributed by atoms with Gasteiger partial charge in [0.25, 0.3) is 5.91 Å². The smallest absolute Gasteiger partial charge is 0.267 e. The molecule has 1 N–H and O–H groups in total. The number of nitrogens with zero attached hydrogens (tertiary/aromatic N) is 1. The number of rotatable bonds is 6. The van der Waals surface area contributed by atoms with Crippen LogP contribution in [0.5, 0.6) is 0 Å². The van der Waals surface area contributed by atoms with Gasteiger partial charge in [-0.2, -0.15) is 5.10 Å². The van der Waals surface area contributed by atoms with E-state index >= 15 is 0 Å². The third-order valence-electron chi connectivity index (χ3n) is 3.45. The summed E-state index contributed by atoms with van der Waals surface area (Å²) in [5, 5.41) is 4.35. The molecule has 22 heavy (non-hydrogen) atoms. The molecule has 0 atom stereocenters. The van der Waals surface area contributed by atoms with E-state index in [4.69, 9.17) is 0 Å². The van der Waals surface area contributed by atoms with Crippen LogP contribution in [0.15, 0.2) is 59.7 Å². The number of nitrogens with one attached hydrogen (secondary N) is 1. The van der Waals surface area contributed by atoms with E-state index in [0.29, 0.717) is 5.56 Å². The standard InChI is InChI=1S/C19H22N2O.H2/c1-3-4-13-18(16-10-6-5-7-11-16)20-21-19(22)17-12-8-9-15(2)14-17;/h5-12,14H,3-4,13H2,1-2H3,(H,21,22);1H/b20-18-;. The van der Waals surface area contributed by atoms with Crippen molar-refractivity contribution in [1.82, 2.24) is 5.43 Å². The molecular formula is C19H24N2O. The first-order chi connectivity index (χ1) is 10.7. The maximum absolute atomic E-state index is 12.2. The predicted octanol–water partition coefficient (Wildman–Crippen LogP) is 4.57. The minimum Gasteiger partial charge on any atom is -0.267 e. The van der Waals surface area contributed by atoms with E-state index in [1.54, 1.807) is 6.07 Å². The highest BCUT2D eigenvalue weighted by atomic mass is 16.2. The monoisotopic (exact) mass is 296 g/mol. The van der Waals surface area contributed by atoms with Gasteiger partial charge in [0.2, 0.25) is 0 Å². The summed E-state index contributed by atoms with van der Waals surface area (Å²) in [6.07, 6.45) is 3.00. The molecule has 0 radical (unpaired) electrons. The van der Waals surface area contributed by atoms with Gasteiger partial charge in [-0.15, -0.1) is 0 Å². The fraction of sp³-hybridized carbons (Fsp3) is 0.263. The van der Waals surface area contributed by atoms with Crippen molar-refractivity contribution in [3.05, 3.63) is 71.3 Å². The first-order valence-electron chi connectivity index (χ1n) is 7.69. The van der Waals surface area contributed by atoms with Gasteiger partial charge < -0.3 is 0 Å². The molecule has 2 aromatic carbocycles. The molecule has 0 aliphatic rings. The molecule has 0 fully saturated rings. The summed E-state index contributed by atoms with van der Waals surface area (Å²) < 4.78 is 0. The van der Waals surface area contributed by atoms with Crippen LogP contribution in [-0.2, 0) is 0 Å². The van der Waals surface area contributed by atoms with Crippen molar-refractivity contribution in [2.75, 3.05) is 0 Å². The molecule has 0 spiro atoms. The summed E-state index contributed by atoms with van der Waals surface area (Å²) >= 11 is 0. The van der Waals surface area contributed by atoms with E-state index in [1.165, 1.54) is 0 Å². The number of hydrogen-bond donors (Lipinski definition) is 1. The second kappa shape index (κ2) is 8.13. The normalized spacial score (nSPS) is 11.3. The van der Waals surface area contributed by atoms with Crippen molar-refractivity contribution in [1.29, 1.82) is 0 Å². The number of amides is 1. The van der Waals surface area contributed by atoms with Crippen molar-refractivity contribution in [3.8, 4) is 0 Å². The maximum atomic E-state index is 12.2. The van der Waals surface area contributed by atoms with E-state index in [0.717, 1.165) is 36.1 Å². The van der Waals surface area contributed by atoms with Gasteiger partial charge in [0.15, 0.2) is 0 Å². The van der Waals surface area contributed by atoms with Gasteiger partial charge in [0.05, 0.1) is 5.71 Å². The molecule has 0 unspecified atom stereocenters. The highest BCUT2D eigenvalue weighted by Crippen LogP contribution is 2.08. The highest BCUT2D eigenvalue weighted by Gasteiger charge is 2.07. The predicted molar refractivity (Wildman–Crippen MR) is 93.3 cm³/mol. The van der Waals surface area contributed by atoms with Gasteiger partial charge in [0, 0.05) is 6.99 Å².